The van der Waals surface area contributed by atoms with Gasteiger partial charge in [0.1, 0.15) is 4.66 Å². The molecule has 2 aromatic rings. The molecular formula is C13H8Cl2N2OS. The van der Waals surface area contributed by atoms with E-state index in [2.05, 4.69) is 0 Å². The number of nitrogens with zero attached hydrogens (tertiary/aromatic N) is 2. The molecule has 0 spiro atoms. The van der Waals surface area contributed by atoms with Crippen LogP contribution >= 0.6 is 34.5 Å². The number of hydrogen-bond donors (Lipinski definition) is 0. The number of hydrogen-bond acceptors (Lipinski definition) is 3. The summed E-state index contributed by atoms with van der Waals surface area (Å²) in [5.41, 5.74) is 0.513. The van der Waals surface area contributed by atoms with E-state index in [0.29, 0.717) is 24.8 Å². The lowest BCUT2D eigenvalue weighted by Crippen LogP contribution is -2.28. The van der Waals surface area contributed by atoms with Gasteiger partial charge < -0.3 is 4.57 Å². The zero-order valence-corrected chi connectivity index (χ0v) is 12.2. The molecular weight excluding hydrogens is 303 g/mol. The molecule has 96 valence electrons. The third kappa shape index (κ3) is 2.74. The average Bonchev–Trinajstić information content (AvgIpc) is 2.64. The Morgan fingerprint density at radius 1 is 1.42 bits per heavy atom. The van der Waals surface area contributed by atoms with Crippen LogP contribution in [-0.4, -0.2) is 4.57 Å². The van der Waals surface area contributed by atoms with Crippen molar-refractivity contribution in [2.45, 2.75) is 0 Å². The quantitative estimate of drug-likeness (QED) is 0.807. The van der Waals surface area contributed by atoms with Crippen LogP contribution in [0, 0.1) is 11.3 Å². The van der Waals surface area contributed by atoms with E-state index in [1.165, 1.54) is 22.0 Å². The summed E-state index contributed by atoms with van der Waals surface area (Å²) in [5, 5.41) is 9.50. The summed E-state index contributed by atoms with van der Waals surface area (Å²) in [6, 6.07) is 7.14. The highest BCUT2D eigenvalue weighted by atomic mass is 35.5. The van der Waals surface area contributed by atoms with Crippen LogP contribution in [0.5, 0.6) is 0 Å². The van der Waals surface area contributed by atoms with Gasteiger partial charge in [-0.1, -0.05) is 35.3 Å². The first kappa shape index (κ1) is 13.9. The van der Waals surface area contributed by atoms with Crippen molar-refractivity contribution in [1.82, 2.24) is 4.57 Å². The fourth-order valence-electron chi connectivity index (χ4n) is 1.54. The zero-order valence-electron chi connectivity index (χ0n) is 9.85. The normalized spacial score (nSPS) is 12.7. The van der Waals surface area contributed by atoms with E-state index in [1.807, 2.05) is 6.07 Å². The van der Waals surface area contributed by atoms with Crippen LogP contribution in [0.2, 0.25) is 10.0 Å². The van der Waals surface area contributed by atoms with Crippen molar-refractivity contribution >= 4 is 46.7 Å². The molecule has 6 heteroatoms. The topological polar surface area (TPSA) is 45.8 Å². The first-order chi connectivity index (χ1) is 9.04. The van der Waals surface area contributed by atoms with E-state index in [1.54, 1.807) is 31.3 Å². The lowest BCUT2D eigenvalue weighted by Gasteiger charge is -1.98. The van der Waals surface area contributed by atoms with E-state index >= 15 is 0 Å². The van der Waals surface area contributed by atoms with Crippen molar-refractivity contribution < 1.29 is 0 Å². The molecule has 0 unspecified atom stereocenters. The molecule has 0 fully saturated rings. The number of rotatable bonds is 1. The van der Waals surface area contributed by atoms with Gasteiger partial charge in [-0.25, -0.2) is 0 Å². The second kappa shape index (κ2) is 5.62. The minimum Gasteiger partial charge on any atom is -0.301 e. The minimum atomic E-state index is -0.164. The monoisotopic (exact) mass is 310 g/mol. The molecule has 0 aliphatic rings. The van der Waals surface area contributed by atoms with Crippen molar-refractivity contribution in [3.8, 4) is 6.07 Å². The van der Waals surface area contributed by atoms with E-state index in [-0.39, 0.29) is 5.56 Å². The summed E-state index contributed by atoms with van der Waals surface area (Å²) in [6.45, 7) is 0. The maximum Gasteiger partial charge on any atom is 0.268 e. The Labute approximate surface area is 123 Å². The van der Waals surface area contributed by atoms with Gasteiger partial charge in [-0.05, 0) is 17.7 Å². The van der Waals surface area contributed by atoms with Gasteiger partial charge in [-0.2, -0.15) is 5.26 Å². The van der Waals surface area contributed by atoms with Gasteiger partial charge in [-0.3, -0.25) is 4.79 Å². The van der Waals surface area contributed by atoms with Crippen molar-refractivity contribution in [2.24, 2.45) is 7.05 Å². The maximum atomic E-state index is 12.0. The standard InChI is InChI=1S/C13H8Cl2N2OS/c1-17-11(5-6-16)19-10(13(17)18)7-8-3-2-4-9(14)12(8)15/h2-5,7H,1H3/b10-7+,11-5-. The number of nitriles is 1. The molecule has 1 aromatic heterocycles. The van der Waals surface area contributed by atoms with Crippen molar-refractivity contribution in [2.75, 3.05) is 0 Å². The predicted molar refractivity (Wildman–Crippen MR) is 78.9 cm³/mol. The molecule has 0 saturated carbocycles. The summed E-state index contributed by atoms with van der Waals surface area (Å²) < 4.78 is 2.53. The van der Waals surface area contributed by atoms with Crippen LogP contribution in [0.25, 0.3) is 12.2 Å². The summed E-state index contributed by atoms with van der Waals surface area (Å²) in [5.74, 6) is 0. The van der Waals surface area contributed by atoms with Gasteiger partial charge in [0.25, 0.3) is 5.56 Å². The Kier molecular flexibility index (Phi) is 4.11. The van der Waals surface area contributed by atoms with Crippen LogP contribution in [-0.2, 0) is 7.05 Å². The molecule has 2 rings (SSSR count). The lowest BCUT2D eigenvalue weighted by molar-refractivity contribution is 0.857. The van der Waals surface area contributed by atoms with Gasteiger partial charge in [0.15, 0.2) is 0 Å². The smallest absolute Gasteiger partial charge is 0.268 e. The van der Waals surface area contributed by atoms with E-state index in [4.69, 9.17) is 28.5 Å². The van der Waals surface area contributed by atoms with Crippen LogP contribution in [0.3, 0.4) is 0 Å². The van der Waals surface area contributed by atoms with E-state index in [9.17, 15) is 4.79 Å². The van der Waals surface area contributed by atoms with E-state index in [0.717, 1.165) is 0 Å². The van der Waals surface area contributed by atoms with Crippen LogP contribution in [0.4, 0.5) is 0 Å². The average molecular weight is 311 g/mol. The van der Waals surface area contributed by atoms with Crippen molar-refractivity contribution in [3.05, 3.63) is 53.4 Å². The molecule has 0 amide bonds. The molecule has 3 nitrogen and oxygen atoms in total. The molecule has 1 aromatic carbocycles. The largest absolute Gasteiger partial charge is 0.301 e. The highest BCUT2D eigenvalue weighted by Gasteiger charge is 2.04. The van der Waals surface area contributed by atoms with Crippen molar-refractivity contribution in [3.63, 3.8) is 0 Å². The summed E-state index contributed by atoms with van der Waals surface area (Å²) >= 11 is 13.2. The molecule has 1 heterocycles. The van der Waals surface area contributed by atoms with Crippen LogP contribution < -0.4 is 14.8 Å². The summed E-state index contributed by atoms with van der Waals surface area (Å²) in [7, 11) is 1.62. The Hall–Kier alpha value is -1.54. The molecule has 0 saturated heterocycles. The maximum absolute atomic E-state index is 12.0. The number of benzene rings is 1. The lowest BCUT2D eigenvalue weighted by atomic mass is 10.2. The second-order valence-corrected chi connectivity index (χ2v) is 5.58. The fourth-order valence-corrected chi connectivity index (χ4v) is 2.87. The van der Waals surface area contributed by atoms with Gasteiger partial charge in [0.2, 0.25) is 0 Å². The molecule has 0 atom stereocenters. The van der Waals surface area contributed by atoms with Crippen molar-refractivity contribution in [1.29, 1.82) is 5.26 Å². The highest BCUT2D eigenvalue weighted by Crippen LogP contribution is 2.25. The highest BCUT2D eigenvalue weighted by molar-refractivity contribution is 7.07. The van der Waals surface area contributed by atoms with Gasteiger partial charge >= 0.3 is 0 Å². The van der Waals surface area contributed by atoms with Gasteiger partial charge in [0.05, 0.1) is 20.6 Å². The second-order valence-electron chi connectivity index (χ2n) is 3.73. The third-order valence-electron chi connectivity index (χ3n) is 2.52. The molecule has 0 bridgehead atoms. The predicted octanol–water partition coefficient (Wildman–Crippen LogP) is 1.89. The molecule has 0 aliphatic carbocycles. The van der Waals surface area contributed by atoms with Gasteiger partial charge in [-0.15, -0.1) is 11.3 Å². The summed E-state index contributed by atoms with van der Waals surface area (Å²) in [6.07, 6.45) is 3.01. The first-order valence-electron chi connectivity index (χ1n) is 5.26. The van der Waals surface area contributed by atoms with Gasteiger partial charge in [0, 0.05) is 13.1 Å². The Morgan fingerprint density at radius 3 is 2.84 bits per heavy atom. The molecule has 0 radical (unpaired) electrons. The number of aromatic nitrogens is 1. The van der Waals surface area contributed by atoms with E-state index < -0.39 is 0 Å². The Morgan fingerprint density at radius 2 is 2.16 bits per heavy atom. The fraction of sp³-hybridized carbons (Fsp3) is 0.0769. The third-order valence-corrected chi connectivity index (χ3v) is 4.46. The van der Waals surface area contributed by atoms with Crippen LogP contribution in [0.1, 0.15) is 5.56 Å². The summed E-state index contributed by atoms with van der Waals surface area (Å²) in [4.78, 5) is 12.0. The zero-order chi connectivity index (χ0) is 14.0. The number of thiazole rings is 1. The van der Waals surface area contributed by atoms with Crippen LogP contribution in [0.15, 0.2) is 23.0 Å². The Balaban J connectivity index is 2.73. The molecule has 19 heavy (non-hydrogen) atoms. The molecule has 0 N–H and O–H groups in total. The molecule has 0 aliphatic heterocycles. The minimum absolute atomic E-state index is 0.164. The number of halogens is 2. The Bertz CT molecular complexity index is 843. The first-order valence-corrected chi connectivity index (χ1v) is 6.83. The SMILES string of the molecule is Cn1c(=O)/c(=C\c2cccc(Cl)c2Cl)s/c1=C\C#N.